The van der Waals surface area contributed by atoms with E-state index in [1.165, 1.54) is 5.56 Å². The second kappa shape index (κ2) is 8.02. The summed E-state index contributed by atoms with van der Waals surface area (Å²) in [7, 11) is 1.71. The zero-order chi connectivity index (χ0) is 15.8. The van der Waals surface area contributed by atoms with Gasteiger partial charge in [-0.1, -0.05) is 22.9 Å². The highest BCUT2D eigenvalue weighted by Gasteiger charge is 2.03. The molecule has 0 unspecified atom stereocenters. The molecular weight excluding hydrogens is 282 g/mol. The van der Waals surface area contributed by atoms with Crippen molar-refractivity contribution in [1.29, 1.82) is 0 Å². The number of guanidine groups is 1. The highest BCUT2D eigenvalue weighted by Crippen LogP contribution is 2.10. The Morgan fingerprint density at radius 2 is 2.00 bits per heavy atom. The van der Waals surface area contributed by atoms with Crippen LogP contribution in [-0.2, 0) is 6.54 Å². The number of hydrogen-bond acceptors (Lipinski definition) is 5. The fourth-order valence-corrected chi connectivity index (χ4v) is 1.77. The quantitative estimate of drug-likeness (QED) is 0.477. The maximum absolute atomic E-state index is 5.64. The van der Waals surface area contributed by atoms with Crippen molar-refractivity contribution in [1.82, 2.24) is 20.8 Å². The molecular formula is C15H21N5O2. The van der Waals surface area contributed by atoms with Crippen molar-refractivity contribution in [2.75, 3.05) is 20.2 Å². The van der Waals surface area contributed by atoms with Crippen LogP contribution in [0.1, 0.15) is 17.3 Å². The molecule has 0 aliphatic rings. The van der Waals surface area contributed by atoms with Crippen LogP contribution in [0.2, 0.25) is 0 Å². The van der Waals surface area contributed by atoms with Crippen molar-refractivity contribution in [3.05, 3.63) is 41.5 Å². The molecule has 1 aromatic heterocycles. The molecule has 1 aromatic carbocycles. The molecule has 0 spiro atoms. The lowest BCUT2D eigenvalue weighted by Crippen LogP contribution is -2.39. The molecule has 0 radical (unpaired) electrons. The van der Waals surface area contributed by atoms with E-state index in [1.807, 2.05) is 31.2 Å². The van der Waals surface area contributed by atoms with E-state index in [-0.39, 0.29) is 0 Å². The van der Waals surface area contributed by atoms with Gasteiger partial charge < -0.3 is 19.9 Å². The highest BCUT2D eigenvalue weighted by atomic mass is 16.5. The van der Waals surface area contributed by atoms with Crippen LogP contribution in [0.5, 0.6) is 5.75 Å². The number of ether oxygens (including phenoxy) is 1. The minimum atomic E-state index is 0.454. The first-order chi connectivity index (χ1) is 10.7. The molecule has 0 aliphatic heterocycles. The van der Waals surface area contributed by atoms with Crippen LogP contribution in [0.25, 0.3) is 0 Å². The van der Waals surface area contributed by atoms with Gasteiger partial charge in [0, 0.05) is 14.0 Å². The van der Waals surface area contributed by atoms with Gasteiger partial charge in [-0.3, -0.25) is 4.99 Å². The van der Waals surface area contributed by atoms with E-state index in [9.17, 15) is 0 Å². The summed E-state index contributed by atoms with van der Waals surface area (Å²) in [5, 5.41) is 10.1. The summed E-state index contributed by atoms with van der Waals surface area (Å²) in [5.41, 5.74) is 1.21. The molecule has 0 atom stereocenters. The number of rotatable bonds is 6. The molecule has 0 bridgehead atoms. The van der Waals surface area contributed by atoms with E-state index in [2.05, 4.69) is 25.8 Å². The molecule has 2 rings (SSSR count). The fraction of sp³-hybridized carbons (Fsp3) is 0.400. The SMILES string of the molecule is CN=C(NCCOc1ccc(C)cc1)NCc1noc(C)n1. The van der Waals surface area contributed by atoms with Crippen molar-refractivity contribution in [2.24, 2.45) is 4.99 Å². The second-order valence-electron chi connectivity index (χ2n) is 4.74. The Morgan fingerprint density at radius 3 is 2.64 bits per heavy atom. The third kappa shape index (κ3) is 5.08. The van der Waals surface area contributed by atoms with Gasteiger partial charge >= 0.3 is 0 Å². The predicted molar refractivity (Wildman–Crippen MR) is 83.9 cm³/mol. The van der Waals surface area contributed by atoms with E-state index in [1.54, 1.807) is 14.0 Å². The van der Waals surface area contributed by atoms with E-state index >= 15 is 0 Å². The number of aliphatic imine (C=N–C) groups is 1. The van der Waals surface area contributed by atoms with Gasteiger partial charge in [0.15, 0.2) is 11.8 Å². The van der Waals surface area contributed by atoms with E-state index < -0.39 is 0 Å². The lowest BCUT2D eigenvalue weighted by Gasteiger charge is -2.11. The first-order valence-corrected chi connectivity index (χ1v) is 7.10. The van der Waals surface area contributed by atoms with Gasteiger partial charge in [0.05, 0.1) is 13.1 Å². The molecule has 2 aromatic rings. The van der Waals surface area contributed by atoms with Crippen LogP contribution in [0.3, 0.4) is 0 Å². The van der Waals surface area contributed by atoms with Gasteiger partial charge in [0.2, 0.25) is 5.89 Å². The third-order valence-corrected chi connectivity index (χ3v) is 2.89. The monoisotopic (exact) mass is 303 g/mol. The minimum Gasteiger partial charge on any atom is -0.492 e. The van der Waals surface area contributed by atoms with E-state index in [0.29, 0.717) is 37.4 Å². The molecule has 7 nitrogen and oxygen atoms in total. The van der Waals surface area contributed by atoms with Crippen LogP contribution < -0.4 is 15.4 Å². The molecule has 0 aliphatic carbocycles. The predicted octanol–water partition coefficient (Wildman–Crippen LogP) is 1.43. The van der Waals surface area contributed by atoms with E-state index in [4.69, 9.17) is 9.26 Å². The average molecular weight is 303 g/mol. The molecule has 2 N–H and O–H groups in total. The largest absolute Gasteiger partial charge is 0.492 e. The van der Waals surface area contributed by atoms with E-state index in [0.717, 1.165) is 5.75 Å². The van der Waals surface area contributed by atoms with Crippen molar-refractivity contribution in [2.45, 2.75) is 20.4 Å². The summed E-state index contributed by atoms with van der Waals surface area (Å²) in [6.07, 6.45) is 0. The number of aromatic nitrogens is 2. The fourth-order valence-electron chi connectivity index (χ4n) is 1.77. The Bertz CT molecular complexity index is 607. The number of nitrogens with one attached hydrogen (secondary N) is 2. The summed E-state index contributed by atoms with van der Waals surface area (Å²) < 4.78 is 10.5. The summed E-state index contributed by atoms with van der Waals surface area (Å²) in [4.78, 5) is 8.23. The summed E-state index contributed by atoms with van der Waals surface area (Å²) in [5.74, 6) is 2.66. The van der Waals surface area contributed by atoms with Crippen LogP contribution in [0.15, 0.2) is 33.8 Å². The van der Waals surface area contributed by atoms with Crippen molar-refractivity contribution in [3.8, 4) is 5.75 Å². The number of nitrogens with zero attached hydrogens (tertiary/aromatic N) is 3. The zero-order valence-electron chi connectivity index (χ0n) is 13.1. The average Bonchev–Trinajstić information content (AvgIpc) is 2.94. The Morgan fingerprint density at radius 1 is 1.23 bits per heavy atom. The second-order valence-corrected chi connectivity index (χ2v) is 4.74. The van der Waals surface area contributed by atoms with Crippen LogP contribution in [0, 0.1) is 13.8 Å². The Labute approximate surface area is 129 Å². The lowest BCUT2D eigenvalue weighted by molar-refractivity contribution is 0.322. The summed E-state index contributed by atoms with van der Waals surface area (Å²) >= 11 is 0. The highest BCUT2D eigenvalue weighted by molar-refractivity contribution is 5.79. The van der Waals surface area contributed by atoms with Gasteiger partial charge in [-0.15, -0.1) is 0 Å². The third-order valence-electron chi connectivity index (χ3n) is 2.89. The van der Waals surface area contributed by atoms with Crippen molar-refractivity contribution in [3.63, 3.8) is 0 Å². The topological polar surface area (TPSA) is 84.6 Å². The smallest absolute Gasteiger partial charge is 0.223 e. The Kier molecular flexibility index (Phi) is 5.76. The van der Waals surface area contributed by atoms with Gasteiger partial charge in [0.1, 0.15) is 12.4 Å². The van der Waals surface area contributed by atoms with Gasteiger partial charge in [-0.2, -0.15) is 4.98 Å². The number of benzene rings is 1. The molecule has 0 saturated carbocycles. The van der Waals surface area contributed by atoms with Gasteiger partial charge in [-0.25, -0.2) is 0 Å². The Balaban J connectivity index is 1.67. The minimum absolute atomic E-state index is 0.454. The normalized spacial score (nSPS) is 11.3. The van der Waals surface area contributed by atoms with Crippen LogP contribution >= 0.6 is 0 Å². The molecule has 22 heavy (non-hydrogen) atoms. The van der Waals surface area contributed by atoms with Crippen LogP contribution in [0.4, 0.5) is 0 Å². The molecule has 0 saturated heterocycles. The number of hydrogen-bond donors (Lipinski definition) is 2. The maximum atomic E-state index is 5.64. The lowest BCUT2D eigenvalue weighted by atomic mass is 10.2. The molecule has 0 amide bonds. The first kappa shape index (κ1) is 15.8. The maximum Gasteiger partial charge on any atom is 0.223 e. The molecule has 0 fully saturated rings. The summed E-state index contributed by atoms with van der Waals surface area (Å²) in [6, 6.07) is 7.97. The van der Waals surface area contributed by atoms with Crippen molar-refractivity contribution < 1.29 is 9.26 Å². The van der Waals surface area contributed by atoms with Crippen LogP contribution in [-0.4, -0.2) is 36.3 Å². The van der Waals surface area contributed by atoms with Crippen molar-refractivity contribution >= 4 is 5.96 Å². The first-order valence-electron chi connectivity index (χ1n) is 7.10. The van der Waals surface area contributed by atoms with Gasteiger partial charge in [-0.05, 0) is 19.1 Å². The molecule has 1 heterocycles. The summed E-state index contributed by atoms with van der Waals surface area (Å²) in [6.45, 7) is 5.44. The molecule has 7 heteroatoms. The Hall–Kier alpha value is -2.57. The number of aryl methyl sites for hydroxylation is 2. The molecule has 118 valence electrons. The zero-order valence-corrected chi connectivity index (χ0v) is 13.1. The van der Waals surface area contributed by atoms with Gasteiger partial charge in [0.25, 0.3) is 0 Å². The standard InChI is InChI=1S/C15H21N5O2/c1-11-4-6-13(7-5-11)21-9-8-17-15(16-3)18-10-14-19-12(2)22-20-14/h4-7H,8-10H2,1-3H3,(H2,16,17,18).